The van der Waals surface area contributed by atoms with Gasteiger partial charge < -0.3 is 14.3 Å². The van der Waals surface area contributed by atoms with Crippen molar-refractivity contribution in [3.63, 3.8) is 0 Å². The number of hydrogen-bond donors (Lipinski definition) is 0. The van der Waals surface area contributed by atoms with Crippen LogP contribution in [0.1, 0.15) is 6.42 Å². The van der Waals surface area contributed by atoms with Gasteiger partial charge in [-0.15, -0.1) is 0 Å². The summed E-state index contributed by atoms with van der Waals surface area (Å²) in [4.78, 5) is 9.77. The number of methoxy groups -OCH3 is 2. The molecule has 0 aliphatic rings. The van der Waals surface area contributed by atoms with Crippen LogP contribution in [0.25, 0.3) is 0 Å². The normalized spacial score (nSPS) is 8.78. The predicted octanol–water partition coefficient (Wildman–Crippen LogP) is -0.722. The van der Waals surface area contributed by atoms with E-state index in [1.807, 2.05) is 0 Å². The second-order valence-electron chi connectivity index (χ2n) is 1.30. The van der Waals surface area contributed by atoms with E-state index in [9.17, 15) is 4.79 Å². The standard InChI is InChI=1S/C5H10O3.Sr.2H/c1-7-5(8-2)3-4-6;;;/h4-5H,3H2,1-2H3;;;. The van der Waals surface area contributed by atoms with Crippen LogP contribution < -0.4 is 0 Å². The Bertz CT molecular complexity index is 63.2. The Morgan fingerprint density at radius 3 is 2.00 bits per heavy atom. The van der Waals surface area contributed by atoms with Crippen molar-refractivity contribution in [3.8, 4) is 0 Å². The Balaban J connectivity index is 0. The summed E-state index contributed by atoms with van der Waals surface area (Å²) in [5.74, 6) is 0. The zero-order valence-corrected chi connectivity index (χ0v) is 5.09. The fourth-order valence-corrected chi connectivity index (χ4v) is 0.367. The fourth-order valence-electron chi connectivity index (χ4n) is 0.367. The Labute approximate surface area is 92.0 Å². The van der Waals surface area contributed by atoms with Crippen molar-refractivity contribution >= 4 is 51.8 Å². The molecule has 0 amide bonds. The molecule has 0 saturated heterocycles. The average Bonchev–Trinajstić information content (AvgIpc) is 1.83. The van der Waals surface area contributed by atoms with E-state index in [1.54, 1.807) is 0 Å². The van der Waals surface area contributed by atoms with Crippen LogP contribution in [-0.2, 0) is 14.3 Å². The van der Waals surface area contributed by atoms with Gasteiger partial charge in [0.2, 0.25) is 0 Å². The van der Waals surface area contributed by atoms with Crippen LogP contribution in [-0.4, -0.2) is 72.3 Å². The molecule has 9 heavy (non-hydrogen) atoms. The van der Waals surface area contributed by atoms with E-state index in [4.69, 9.17) is 0 Å². The number of rotatable bonds is 4. The first-order valence-corrected chi connectivity index (χ1v) is 2.34. The van der Waals surface area contributed by atoms with E-state index in [-0.39, 0.29) is 51.8 Å². The maximum absolute atomic E-state index is 9.77. The van der Waals surface area contributed by atoms with Gasteiger partial charge in [0.1, 0.15) is 6.29 Å². The Morgan fingerprint density at radius 1 is 1.44 bits per heavy atom. The number of ether oxygens (including phenoxy) is 2. The molecule has 0 unspecified atom stereocenters. The first-order chi connectivity index (χ1) is 3.85. The first-order valence-electron chi connectivity index (χ1n) is 2.34. The van der Waals surface area contributed by atoms with E-state index in [0.717, 1.165) is 6.29 Å². The van der Waals surface area contributed by atoms with E-state index >= 15 is 0 Å². The zero-order valence-electron chi connectivity index (χ0n) is 5.09. The number of aldehydes is 1. The fraction of sp³-hybridized carbons (Fsp3) is 0.800. The molecule has 0 aliphatic carbocycles. The second kappa shape index (κ2) is 9.07. The van der Waals surface area contributed by atoms with Crippen molar-refractivity contribution < 1.29 is 14.3 Å². The van der Waals surface area contributed by atoms with Crippen LogP contribution in [0.5, 0.6) is 0 Å². The minimum absolute atomic E-state index is 0. The van der Waals surface area contributed by atoms with Crippen molar-refractivity contribution in [2.75, 3.05) is 14.2 Å². The van der Waals surface area contributed by atoms with Gasteiger partial charge in [0.15, 0.2) is 6.29 Å². The average molecular weight is 208 g/mol. The summed E-state index contributed by atoms with van der Waals surface area (Å²) in [7, 11) is 3.00. The van der Waals surface area contributed by atoms with Gasteiger partial charge >= 0.3 is 45.5 Å². The Morgan fingerprint density at radius 2 is 1.89 bits per heavy atom. The number of carbonyl (C=O) groups excluding carboxylic acids is 1. The molecule has 0 aromatic heterocycles. The van der Waals surface area contributed by atoms with Crippen LogP contribution in [0.3, 0.4) is 0 Å². The van der Waals surface area contributed by atoms with Crippen molar-refractivity contribution in [1.29, 1.82) is 0 Å². The quantitative estimate of drug-likeness (QED) is 0.347. The van der Waals surface area contributed by atoms with E-state index < -0.39 is 0 Å². The third-order valence-corrected chi connectivity index (χ3v) is 0.814. The molecule has 0 aliphatic heterocycles. The topological polar surface area (TPSA) is 35.5 Å². The van der Waals surface area contributed by atoms with Crippen molar-refractivity contribution in [1.82, 2.24) is 0 Å². The molecule has 0 aromatic carbocycles. The minimum atomic E-state index is -0.368. The Kier molecular flexibility index (Phi) is 12.8. The second-order valence-corrected chi connectivity index (χ2v) is 1.30. The van der Waals surface area contributed by atoms with Crippen molar-refractivity contribution in [2.24, 2.45) is 0 Å². The molecule has 0 saturated carbocycles. The van der Waals surface area contributed by atoms with Crippen molar-refractivity contribution in [3.05, 3.63) is 0 Å². The first kappa shape index (κ1) is 12.7. The summed E-state index contributed by atoms with van der Waals surface area (Å²) in [6, 6.07) is 0. The molecule has 3 nitrogen and oxygen atoms in total. The van der Waals surface area contributed by atoms with Crippen molar-refractivity contribution in [2.45, 2.75) is 12.7 Å². The molecular weight excluding hydrogens is 196 g/mol. The molecule has 4 heteroatoms. The van der Waals surface area contributed by atoms with Gasteiger partial charge in [-0.25, -0.2) is 0 Å². The van der Waals surface area contributed by atoms with E-state index in [1.165, 1.54) is 14.2 Å². The molecule has 0 fully saturated rings. The monoisotopic (exact) mass is 208 g/mol. The molecule has 0 atom stereocenters. The maximum atomic E-state index is 9.77. The molecule has 0 rings (SSSR count). The van der Waals surface area contributed by atoms with Gasteiger partial charge in [-0.1, -0.05) is 0 Å². The summed E-state index contributed by atoms with van der Waals surface area (Å²) < 4.78 is 9.37. The van der Waals surface area contributed by atoms with Crippen LogP contribution in [0, 0.1) is 0 Å². The summed E-state index contributed by atoms with van der Waals surface area (Å²) >= 11 is 0. The van der Waals surface area contributed by atoms with Crippen LogP contribution >= 0.6 is 0 Å². The molecule has 0 radical (unpaired) electrons. The zero-order chi connectivity index (χ0) is 6.41. The summed E-state index contributed by atoms with van der Waals surface area (Å²) in [6.45, 7) is 0. The van der Waals surface area contributed by atoms with Crippen LogP contribution in [0.2, 0.25) is 0 Å². The molecule has 0 bridgehead atoms. The third-order valence-electron chi connectivity index (χ3n) is 0.814. The van der Waals surface area contributed by atoms with E-state index in [0.29, 0.717) is 6.42 Å². The molecule has 0 spiro atoms. The molecule has 0 N–H and O–H groups in total. The third kappa shape index (κ3) is 6.96. The summed E-state index contributed by atoms with van der Waals surface area (Å²) in [5, 5.41) is 0. The van der Waals surface area contributed by atoms with Gasteiger partial charge in [-0.05, 0) is 0 Å². The van der Waals surface area contributed by atoms with Gasteiger partial charge in [0, 0.05) is 14.2 Å². The SMILES string of the molecule is COC(CC=O)OC.[SrH2]. The van der Waals surface area contributed by atoms with Crippen LogP contribution in [0.15, 0.2) is 0 Å². The molecule has 0 aromatic rings. The molecule has 0 heterocycles. The van der Waals surface area contributed by atoms with Gasteiger partial charge in [0.05, 0.1) is 6.42 Å². The Hall–Kier alpha value is 1.07. The predicted molar refractivity (Wildman–Crippen MR) is 37.0 cm³/mol. The number of hydrogen-bond acceptors (Lipinski definition) is 3. The van der Waals surface area contributed by atoms with Crippen LogP contribution in [0.4, 0.5) is 0 Å². The summed E-state index contributed by atoms with van der Waals surface area (Å²) in [6.07, 6.45) is 0.692. The van der Waals surface area contributed by atoms with E-state index in [2.05, 4.69) is 9.47 Å². The number of carbonyl (C=O) groups is 1. The molecule has 52 valence electrons. The van der Waals surface area contributed by atoms with Gasteiger partial charge in [0.25, 0.3) is 0 Å². The molecular formula is C5H12O3Sr. The van der Waals surface area contributed by atoms with Gasteiger partial charge in [-0.3, -0.25) is 0 Å². The summed E-state index contributed by atoms with van der Waals surface area (Å²) in [5.41, 5.74) is 0. The van der Waals surface area contributed by atoms with Gasteiger partial charge in [-0.2, -0.15) is 0 Å².